The molecular formula is C29H29NO4Si. The van der Waals surface area contributed by atoms with Gasteiger partial charge in [-0.1, -0.05) is 97.4 Å². The zero-order valence-corrected chi connectivity index (χ0v) is 21.1. The number of benzene rings is 3. The summed E-state index contributed by atoms with van der Waals surface area (Å²) in [5.74, 6) is -2.27. The van der Waals surface area contributed by atoms with E-state index in [0.717, 1.165) is 47.2 Å². The average Bonchev–Trinajstić information content (AvgIpc) is 2.88. The van der Waals surface area contributed by atoms with Crippen LogP contribution in [0.2, 0.25) is 0 Å². The molecule has 0 heterocycles. The first-order chi connectivity index (χ1) is 16.9. The molecule has 0 bridgehead atoms. The minimum atomic E-state index is -1.39. The van der Waals surface area contributed by atoms with Gasteiger partial charge in [0.25, 0.3) is 0 Å². The molecule has 0 radical (unpaired) electrons. The van der Waals surface area contributed by atoms with Crippen LogP contribution >= 0.6 is 0 Å². The van der Waals surface area contributed by atoms with Crippen LogP contribution in [0.3, 0.4) is 0 Å². The van der Waals surface area contributed by atoms with Gasteiger partial charge in [-0.25, -0.2) is 4.79 Å². The van der Waals surface area contributed by atoms with E-state index < -0.39 is 33.1 Å². The Bertz CT molecular complexity index is 1280. The standard InChI is InChI=1S/C29H29NO4Si/c1-20(18-27(31)32)28(33)34-29(23-13-3-2-4-14-23,25-16-8-6-11-22(25)19-30)35-26-17-9-12-21-10-5-7-15-24(21)26/h2-5,7,9-10,12-15,17,22,25H,1,6,8,11,16,18,35H2,(H,31,32). The van der Waals surface area contributed by atoms with Crippen LogP contribution in [0.1, 0.15) is 37.7 Å². The summed E-state index contributed by atoms with van der Waals surface area (Å²) in [6.45, 7) is 3.71. The lowest BCUT2D eigenvalue weighted by atomic mass is 9.74. The van der Waals surface area contributed by atoms with Crippen molar-refractivity contribution in [1.29, 1.82) is 5.26 Å². The summed E-state index contributed by atoms with van der Waals surface area (Å²) in [5.41, 5.74) is 0.775. The maximum Gasteiger partial charge on any atom is 0.334 e. The van der Waals surface area contributed by atoms with E-state index in [1.165, 1.54) is 0 Å². The molecule has 3 aromatic rings. The van der Waals surface area contributed by atoms with Crippen molar-refractivity contribution in [3.05, 3.63) is 90.5 Å². The largest absolute Gasteiger partial charge is 0.481 e. The monoisotopic (exact) mass is 483 g/mol. The fraction of sp³-hybridized carbons (Fsp3) is 0.276. The fourth-order valence-electron chi connectivity index (χ4n) is 5.40. The zero-order chi connectivity index (χ0) is 24.8. The molecule has 1 N–H and O–H groups in total. The molecule has 0 spiro atoms. The van der Waals surface area contributed by atoms with E-state index >= 15 is 0 Å². The van der Waals surface area contributed by atoms with Gasteiger partial charge >= 0.3 is 11.9 Å². The Kier molecular flexibility index (Phi) is 7.47. The van der Waals surface area contributed by atoms with Gasteiger partial charge in [0.05, 0.1) is 18.4 Å². The highest BCUT2D eigenvalue weighted by atomic mass is 28.2. The van der Waals surface area contributed by atoms with Crippen LogP contribution in [-0.2, 0) is 19.6 Å². The third-order valence-corrected chi connectivity index (χ3v) is 9.65. The van der Waals surface area contributed by atoms with Crippen LogP contribution in [0, 0.1) is 23.2 Å². The molecule has 0 saturated heterocycles. The lowest BCUT2D eigenvalue weighted by Crippen LogP contribution is -2.52. The number of fused-ring (bicyclic) bond motifs is 1. The molecule has 1 saturated carbocycles. The number of carbonyl (C=O) groups excluding carboxylic acids is 1. The molecule has 0 amide bonds. The maximum absolute atomic E-state index is 13.3. The first-order valence-corrected chi connectivity index (χ1v) is 13.4. The van der Waals surface area contributed by atoms with Crippen LogP contribution < -0.4 is 5.19 Å². The van der Waals surface area contributed by atoms with Crippen LogP contribution in [0.4, 0.5) is 0 Å². The molecule has 1 aliphatic rings. The van der Waals surface area contributed by atoms with E-state index in [4.69, 9.17) is 4.74 Å². The van der Waals surface area contributed by atoms with E-state index in [2.05, 4.69) is 36.9 Å². The summed E-state index contributed by atoms with van der Waals surface area (Å²) in [7, 11) is -1.39. The molecule has 6 heteroatoms. The predicted octanol–water partition coefficient (Wildman–Crippen LogP) is 4.39. The fourth-order valence-corrected chi connectivity index (χ4v) is 8.13. The quantitative estimate of drug-likeness (QED) is 0.292. The van der Waals surface area contributed by atoms with E-state index in [1.54, 1.807) is 0 Å². The van der Waals surface area contributed by atoms with Crippen molar-refractivity contribution in [2.24, 2.45) is 11.8 Å². The molecular weight excluding hydrogens is 454 g/mol. The van der Waals surface area contributed by atoms with Crippen LogP contribution in [0.15, 0.2) is 84.9 Å². The first kappa shape index (κ1) is 24.4. The molecule has 3 aromatic carbocycles. The Morgan fingerprint density at radius 3 is 2.46 bits per heavy atom. The van der Waals surface area contributed by atoms with Gasteiger partial charge in [0.2, 0.25) is 0 Å². The van der Waals surface area contributed by atoms with E-state index in [-0.39, 0.29) is 17.4 Å². The predicted molar refractivity (Wildman–Crippen MR) is 139 cm³/mol. The summed E-state index contributed by atoms with van der Waals surface area (Å²) in [6, 6.07) is 26.5. The Balaban J connectivity index is 1.90. The number of aliphatic carboxylic acids is 1. The van der Waals surface area contributed by atoms with Gasteiger partial charge in [-0.05, 0) is 29.2 Å². The number of nitrogens with zero attached hydrogens (tertiary/aromatic N) is 1. The Morgan fingerprint density at radius 1 is 1.03 bits per heavy atom. The number of hydrogen-bond donors (Lipinski definition) is 1. The summed E-state index contributed by atoms with van der Waals surface area (Å²) < 4.78 is 6.42. The van der Waals surface area contributed by atoms with Crippen molar-refractivity contribution in [2.75, 3.05) is 0 Å². The van der Waals surface area contributed by atoms with Crippen LogP contribution in [0.25, 0.3) is 10.8 Å². The van der Waals surface area contributed by atoms with Gasteiger partial charge < -0.3 is 9.84 Å². The second kappa shape index (κ2) is 10.7. The summed E-state index contributed by atoms with van der Waals surface area (Å²) in [6.07, 6.45) is 2.97. The topological polar surface area (TPSA) is 87.4 Å². The Hall–Kier alpha value is -3.69. The van der Waals surface area contributed by atoms with Gasteiger partial charge in [0, 0.05) is 11.5 Å². The Morgan fingerprint density at radius 2 is 1.71 bits per heavy atom. The smallest absolute Gasteiger partial charge is 0.334 e. The van der Waals surface area contributed by atoms with Gasteiger partial charge in [0.1, 0.15) is 14.7 Å². The van der Waals surface area contributed by atoms with Crippen molar-refractivity contribution < 1.29 is 19.4 Å². The molecule has 3 unspecified atom stereocenters. The number of rotatable bonds is 8. The van der Waals surface area contributed by atoms with Crippen molar-refractivity contribution >= 4 is 37.4 Å². The van der Waals surface area contributed by atoms with Gasteiger partial charge in [-0.15, -0.1) is 0 Å². The number of esters is 1. The third kappa shape index (κ3) is 5.20. The normalized spacial score (nSPS) is 19.6. The number of ether oxygens (including phenoxy) is 1. The van der Waals surface area contributed by atoms with Crippen LogP contribution in [0.5, 0.6) is 0 Å². The first-order valence-electron chi connectivity index (χ1n) is 12.0. The number of hydrogen-bond acceptors (Lipinski definition) is 4. The maximum atomic E-state index is 13.3. The number of nitriles is 1. The molecule has 178 valence electrons. The van der Waals surface area contributed by atoms with E-state index in [1.807, 2.05) is 48.5 Å². The van der Waals surface area contributed by atoms with E-state index in [0.29, 0.717) is 0 Å². The lowest BCUT2D eigenvalue weighted by Gasteiger charge is -2.45. The highest BCUT2D eigenvalue weighted by Crippen LogP contribution is 2.45. The summed E-state index contributed by atoms with van der Waals surface area (Å²) in [5, 5.41) is 21.7. The van der Waals surface area contributed by atoms with Crippen molar-refractivity contribution in [3.63, 3.8) is 0 Å². The molecule has 4 rings (SSSR count). The SMILES string of the molecule is C=C(CC(=O)O)C(=O)OC([SiH2]c1cccc2ccccc12)(c1ccccc1)C1CCCCC1C#N. The van der Waals surface area contributed by atoms with Gasteiger partial charge in [-0.2, -0.15) is 5.26 Å². The Labute approximate surface area is 207 Å². The number of carboxylic acid groups (broad SMARTS) is 1. The highest BCUT2D eigenvalue weighted by Gasteiger charge is 2.49. The van der Waals surface area contributed by atoms with Crippen molar-refractivity contribution in [1.82, 2.24) is 0 Å². The van der Waals surface area contributed by atoms with Crippen LogP contribution in [-0.4, -0.2) is 26.6 Å². The third-order valence-electron chi connectivity index (χ3n) is 7.05. The molecule has 0 aromatic heterocycles. The molecule has 1 fully saturated rings. The zero-order valence-electron chi connectivity index (χ0n) is 19.7. The summed E-state index contributed by atoms with van der Waals surface area (Å²) >= 11 is 0. The van der Waals surface area contributed by atoms with Gasteiger partial charge in [0.15, 0.2) is 0 Å². The van der Waals surface area contributed by atoms with E-state index in [9.17, 15) is 20.0 Å². The lowest BCUT2D eigenvalue weighted by molar-refractivity contribution is -0.156. The minimum Gasteiger partial charge on any atom is -0.481 e. The minimum absolute atomic E-state index is 0.0888. The molecule has 5 nitrogen and oxygen atoms in total. The van der Waals surface area contributed by atoms with Gasteiger partial charge in [-0.3, -0.25) is 4.79 Å². The number of carboxylic acids is 1. The molecule has 0 aliphatic heterocycles. The average molecular weight is 484 g/mol. The number of carbonyl (C=O) groups is 2. The molecule has 1 aliphatic carbocycles. The molecule has 35 heavy (non-hydrogen) atoms. The highest BCUT2D eigenvalue weighted by molar-refractivity contribution is 6.60. The molecule has 3 atom stereocenters. The second-order valence-corrected chi connectivity index (χ2v) is 11.4. The summed E-state index contributed by atoms with van der Waals surface area (Å²) in [4.78, 5) is 24.6. The van der Waals surface area contributed by atoms with Crippen molar-refractivity contribution in [3.8, 4) is 6.07 Å². The van der Waals surface area contributed by atoms with Crippen molar-refractivity contribution in [2.45, 2.75) is 37.3 Å². The second-order valence-electron chi connectivity index (χ2n) is 9.26.